The standard InChI is InChI=1S/C56H43NSi/c1-8-22-45(23-9-1)56(46-24-10-2-11-25-46,47-26-12-3-13-27-47)48-36-38-54-43(41-48)40-44-42-53(37-39-55(44)57(54)49-28-14-4-15-29-49)58(50-30-16-5-17-31-50,51-32-18-6-19-33-51)52-34-20-7-21-35-52/h1-39,41-42H,40H2. The summed E-state index contributed by atoms with van der Waals surface area (Å²) in [5.74, 6) is 0. The van der Waals surface area contributed by atoms with Crippen molar-refractivity contribution in [3.05, 3.63) is 282 Å². The molecule has 0 aromatic heterocycles. The van der Waals surface area contributed by atoms with Gasteiger partial charge in [-0.1, -0.05) is 224 Å². The summed E-state index contributed by atoms with van der Waals surface area (Å²) in [6.45, 7) is 0. The molecule has 0 N–H and O–H groups in total. The van der Waals surface area contributed by atoms with Crippen molar-refractivity contribution in [1.29, 1.82) is 0 Å². The second-order valence-electron chi connectivity index (χ2n) is 15.2. The van der Waals surface area contributed by atoms with Gasteiger partial charge in [0.2, 0.25) is 0 Å². The van der Waals surface area contributed by atoms with Crippen LogP contribution in [0.4, 0.5) is 17.1 Å². The van der Waals surface area contributed by atoms with Crippen LogP contribution in [0.2, 0.25) is 0 Å². The molecule has 276 valence electrons. The zero-order valence-electron chi connectivity index (χ0n) is 32.3. The molecule has 0 aliphatic carbocycles. The third-order valence-corrected chi connectivity index (χ3v) is 16.9. The Balaban J connectivity index is 1.23. The molecule has 1 heterocycles. The molecule has 1 aliphatic rings. The molecule has 0 atom stereocenters. The lowest BCUT2D eigenvalue weighted by molar-refractivity contribution is 0.743. The minimum atomic E-state index is -2.74. The van der Waals surface area contributed by atoms with Crippen LogP contribution >= 0.6 is 0 Å². The molecule has 9 aromatic carbocycles. The molecule has 58 heavy (non-hydrogen) atoms. The van der Waals surface area contributed by atoms with Crippen molar-refractivity contribution in [2.24, 2.45) is 0 Å². The van der Waals surface area contributed by atoms with E-state index in [1.54, 1.807) is 0 Å². The van der Waals surface area contributed by atoms with E-state index in [0.717, 1.165) is 12.1 Å². The molecule has 0 bridgehead atoms. The summed E-state index contributed by atoms with van der Waals surface area (Å²) in [5.41, 5.74) is 10.7. The van der Waals surface area contributed by atoms with Gasteiger partial charge < -0.3 is 4.90 Å². The maximum atomic E-state index is 2.55. The highest BCUT2D eigenvalue weighted by Crippen LogP contribution is 2.49. The highest BCUT2D eigenvalue weighted by molar-refractivity contribution is 7.19. The highest BCUT2D eigenvalue weighted by atomic mass is 28.3. The van der Waals surface area contributed by atoms with E-state index in [-0.39, 0.29) is 0 Å². The van der Waals surface area contributed by atoms with Crippen molar-refractivity contribution in [3.8, 4) is 0 Å². The molecule has 0 fully saturated rings. The van der Waals surface area contributed by atoms with Gasteiger partial charge in [0.25, 0.3) is 0 Å². The molecular formula is C56H43NSi. The quantitative estimate of drug-likeness (QED) is 0.105. The van der Waals surface area contributed by atoms with Crippen molar-refractivity contribution < 1.29 is 0 Å². The molecule has 0 unspecified atom stereocenters. The molecule has 0 amide bonds. The maximum Gasteiger partial charge on any atom is 0.179 e. The number of anilines is 3. The lowest BCUT2D eigenvalue weighted by Gasteiger charge is -2.40. The lowest BCUT2D eigenvalue weighted by atomic mass is 9.64. The van der Waals surface area contributed by atoms with Crippen LogP contribution in [-0.4, -0.2) is 8.07 Å². The van der Waals surface area contributed by atoms with Crippen molar-refractivity contribution in [3.63, 3.8) is 0 Å². The molecule has 2 heteroatoms. The van der Waals surface area contributed by atoms with Gasteiger partial charge in [-0.3, -0.25) is 0 Å². The minimum absolute atomic E-state index is 0.533. The molecule has 0 spiro atoms. The Bertz CT molecular complexity index is 2400. The van der Waals surface area contributed by atoms with Crippen LogP contribution in [0.15, 0.2) is 249 Å². The predicted octanol–water partition coefficient (Wildman–Crippen LogP) is 10.8. The minimum Gasteiger partial charge on any atom is -0.310 e. The molecule has 9 aromatic rings. The summed E-state index contributed by atoms with van der Waals surface area (Å²) < 4.78 is 0. The van der Waals surface area contributed by atoms with Crippen LogP contribution in [0.5, 0.6) is 0 Å². The Morgan fingerprint density at radius 2 is 0.672 bits per heavy atom. The van der Waals surface area contributed by atoms with E-state index in [2.05, 4.69) is 254 Å². The molecule has 0 saturated carbocycles. The van der Waals surface area contributed by atoms with Crippen LogP contribution in [0.1, 0.15) is 33.4 Å². The second-order valence-corrected chi connectivity index (χ2v) is 19.0. The summed E-state index contributed by atoms with van der Waals surface area (Å²) in [6, 6.07) is 92.3. The fraction of sp³-hybridized carbons (Fsp3) is 0.0357. The summed E-state index contributed by atoms with van der Waals surface area (Å²) in [7, 11) is -2.74. The molecular weight excluding hydrogens is 715 g/mol. The zero-order valence-corrected chi connectivity index (χ0v) is 33.3. The third kappa shape index (κ3) is 5.84. The monoisotopic (exact) mass is 757 g/mol. The van der Waals surface area contributed by atoms with Crippen molar-refractivity contribution in [1.82, 2.24) is 0 Å². The summed E-state index contributed by atoms with van der Waals surface area (Å²) in [6.07, 6.45) is 0.812. The number of hydrogen-bond donors (Lipinski definition) is 0. The molecule has 10 rings (SSSR count). The van der Waals surface area contributed by atoms with E-state index in [9.17, 15) is 0 Å². The van der Waals surface area contributed by atoms with E-state index < -0.39 is 13.5 Å². The summed E-state index contributed by atoms with van der Waals surface area (Å²) >= 11 is 0. The van der Waals surface area contributed by atoms with E-state index in [0.29, 0.717) is 0 Å². The first-order valence-electron chi connectivity index (χ1n) is 20.2. The second kappa shape index (κ2) is 15.2. The van der Waals surface area contributed by atoms with Crippen LogP contribution in [0, 0.1) is 0 Å². The van der Waals surface area contributed by atoms with Crippen LogP contribution < -0.4 is 25.6 Å². The number of benzene rings is 9. The third-order valence-electron chi connectivity index (χ3n) is 12.1. The first-order chi connectivity index (χ1) is 28.8. The lowest BCUT2D eigenvalue weighted by Crippen LogP contribution is -2.74. The fourth-order valence-electron chi connectivity index (χ4n) is 9.68. The van der Waals surface area contributed by atoms with Gasteiger partial charge in [-0.25, -0.2) is 0 Å². The number of rotatable bonds is 9. The molecule has 0 saturated heterocycles. The van der Waals surface area contributed by atoms with Crippen molar-refractivity contribution >= 4 is 45.9 Å². The number of nitrogens with zero attached hydrogens (tertiary/aromatic N) is 1. The Hall–Kier alpha value is -7.00. The number of para-hydroxylation sites is 1. The fourth-order valence-corrected chi connectivity index (χ4v) is 14.5. The van der Waals surface area contributed by atoms with Gasteiger partial charge in [-0.15, -0.1) is 0 Å². The Kier molecular flexibility index (Phi) is 9.25. The smallest absolute Gasteiger partial charge is 0.179 e. The number of hydrogen-bond acceptors (Lipinski definition) is 1. The van der Waals surface area contributed by atoms with E-state index >= 15 is 0 Å². The predicted molar refractivity (Wildman–Crippen MR) is 246 cm³/mol. The Morgan fingerprint density at radius 1 is 0.310 bits per heavy atom. The maximum absolute atomic E-state index is 2.74. The van der Waals surface area contributed by atoms with E-state index in [1.807, 2.05) is 0 Å². The first-order valence-corrected chi connectivity index (χ1v) is 22.2. The normalized spacial score (nSPS) is 12.4. The van der Waals surface area contributed by atoms with Gasteiger partial charge in [0.05, 0.1) is 5.41 Å². The largest absolute Gasteiger partial charge is 0.310 e. The van der Waals surface area contributed by atoms with E-state index in [1.165, 1.54) is 65.5 Å². The van der Waals surface area contributed by atoms with Crippen LogP contribution in [0.3, 0.4) is 0 Å². The SMILES string of the molecule is c1ccc(N2c3ccc(C(c4ccccc4)(c4ccccc4)c4ccccc4)cc3Cc3cc([Si](c4ccccc4)(c4ccccc4)c4ccccc4)ccc32)cc1. The van der Waals surface area contributed by atoms with E-state index in [4.69, 9.17) is 0 Å². The van der Waals surface area contributed by atoms with Gasteiger partial charge in [0.1, 0.15) is 0 Å². The van der Waals surface area contributed by atoms with Gasteiger partial charge in [-0.2, -0.15) is 0 Å². The topological polar surface area (TPSA) is 3.24 Å². The zero-order chi connectivity index (χ0) is 38.8. The van der Waals surface area contributed by atoms with Gasteiger partial charge in [0, 0.05) is 23.5 Å². The Morgan fingerprint density at radius 3 is 1.10 bits per heavy atom. The Labute approximate surface area is 343 Å². The molecule has 0 radical (unpaired) electrons. The van der Waals surface area contributed by atoms with Crippen LogP contribution in [0.25, 0.3) is 0 Å². The van der Waals surface area contributed by atoms with Crippen molar-refractivity contribution in [2.75, 3.05) is 4.90 Å². The average molecular weight is 758 g/mol. The number of fused-ring (bicyclic) bond motifs is 2. The van der Waals surface area contributed by atoms with Crippen molar-refractivity contribution in [2.45, 2.75) is 11.8 Å². The summed E-state index contributed by atoms with van der Waals surface area (Å²) in [5, 5.41) is 5.52. The first kappa shape index (κ1) is 35.4. The molecule has 1 nitrogen and oxygen atoms in total. The van der Waals surface area contributed by atoms with Crippen LogP contribution in [-0.2, 0) is 11.8 Å². The van der Waals surface area contributed by atoms with Gasteiger partial charge in [0.15, 0.2) is 8.07 Å². The summed E-state index contributed by atoms with van der Waals surface area (Å²) in [4.78, 5) is 2.48. The average Bonchev–Trinajstić information content (AvgIpc) is 3.31. The van der Waals surface area contributed by atoms with Gasteiger partial charge >= 0.3 is 0 Å². The van der Waals surface area contributed by atoms with Gasteiger partial charge in [-0.05, 0) is 78.4 Å². The highest BCUT2D eigenvalue weighted by Gasteiger charge is 2.43. The molecule has 1 aliphatic heterocycles.